The maximum Gasteiger partial charge on any atom is 0.251 e. The highest BCUT2D eigenvalue weighted by atomic mass is 16.5. The van der Waals surface area contributed by atoms with Crippen molar-refractivity contribution in [3.8, 4) is 11.5 Å². The summed E-state index contributed by atoms with van der Waals surface area (Å²) in [4.78, 5) is 24.2. The minimum absolute atomic E-state index is 0.116. The number of rotatable bonds is 7. The Hall–Kier alpha value is -3.08. The predicted molar refractivity (Wildman–Crippen MR) is 97.4 cm³/mol. The molecule has 5 heteroatoms. The van der Waals surface area contributed by atoms with Crippen LogP contribution >= 0.6 is 0 Å². The fourth-order valence-corrected chi connectivity index (χ4v) is 2.28. The van der Waals surface area contributed by atoms with Crippen LogP contribution in [0, 0.1) is 0 Å². The maximum atomic E-state index is 12.4. The summed E-state index contributed by atoms with van der Waals surface area (Å²) in [6.07, 6.45) is 3.17. The number of hydrogen-bond acceptors (Lipinski definition) is 4. The summed E-state index contributed by atoms with van der Waals surface area (Å²) in [5, 5.41) is 2.74. The topological polar surface area (TPSA) is 64.6 Å². The van der Waals surface area contributed by atoms with Crippen molar-refractivity contribution in [1.82, 2.24) is 5.32 Å². The highest BCUT2D eigenvalue weighted by Crippen LogP contribution is 2.24. The van der Waals surface area contributed by atoms with Gasteiger partial charge in [0.05, 0.1) is 19.8 Å². The molecule has 0 atom stereocenters. The van der Waals surface area contributed by atoms with E-state index in [0.29, 0.717) is 29.2 Å². The van der Waals surface area contributed by atoms with E-state index < -0.39 is 0 Å². The first-order valence-corrected chi connectivity index (χ1v) is 7.91. The van der Waals surface area contributed by atoms with E-state index >= 15 is 0 Å². The van der Waals surface area contributed by atoms with Crippen molar-refractivity contribution in [3.63, 3.8) is 0 Å². The summed E-state index contributed by atoms with van der Waals surface area (Å²) in [7, 11) is 3.06. The molecule has 130 valence electrons. The van der Waals surface area contributed by atoms with Crippen LogP contribution in [0.15, 0.2) is 48.5 Å². The molecule has 0 aromatic heterocycles. The zero-order chi connectivity index (χ0) is 18.2. The van der Waals surface area contributed by atoms with Crippen LogP contribution in [0.3, 0.4) is 0 Å². The summed E-state index contributed by atoms with van der Waals surface area (Å²) in [6, 6.07) is 12.1. The van der Waals surface area contributed by atoms with Crippen molar-refractivity contribution in [3.05, 3.63) is 65.2 Å². The first kappa shape index (κ1) is 18.3. The van der Waals surface area contributed by atoms with Crippen molar-refractivity contribution < 1.29 is 19.1 Å². The van der Waals surface area contributed by atoms with Gasteiger partial charge >= 0.3 is 0 Å². The standard InChI is InChI=1S/C20H21NO4/c1-4-21-20(23)15-8-5-14(6-9-15)7-11-18(22)17-13-16(24-2)10-12-19(17)25-3/h5-13H,4H2,1-3H3,(H,21,23). The van der Waals surface area contributed by atoms with E-state index in [2.05, 4.69) is 5.32 Å². The van der Waals surface area contributed by atoms with Crippen molar-refractivity contribution in [2.75, 3.05) is 20.8 Å². The minimum Gasteiger partial charge on any atom is -0.497 e. The maximum absolute atomic E-state index is 12.4. The zero-order valence-corrected chi connectivity index (χ0v) is 14.5. The Morgan fingerprint density at radius 3 is 2.36 bits per heavy atom. The molecule has 2 aromatic rings. The fourth-order valence-electron chi connectivity index (χ4n) is 2.28. The molecule has 0 radical (unpaired) electrons. The number of hydrogen-bond donors (Lipinski definition) is 1. The molecule has 0 saturated heterocycles. The normalized spacial score (nSPS) is 10.5. The summed E-state index contributed by atoms with van der Waals surface area (Å²) in [5.74, 6) is 0.768. The minimum atomic E-state index is -0.191. The lowest BCUT2D eigenvalue weighted by molar-refractivity contribution is 0.0955. The van der Waals surface area contributed by atoms with E-state index in [-0.39, 0.29) is 11.7 Å². The van der Waals surface area contributed by atoms with E-state index in [1.807, 2.05) is 6.92 Å². The van der Waals surface area contributed by atoms with E-state index in [1.54, 1.807) is 55.7 Å². The van der Waals surface area contributed by atoms with Crippen LogP contribution in [0.25, 0.3) is 6.08 Å². The molecular formula is C20H21NO4. The van der Waals surface area contributed by atoms with E-state index in [0.717, 1.165) is 5.56 Å². The Kier molecular flexibility index (Phi) is 6.34. The Bertz CT molecular complexity index is 779. The third-order valence-electron chi connectivity index (χ3n) is 3.61. The highest BCUT2D eigenvalue weighted by molar-refractivity contribution is 6.09. The number of ether oxygens (including phenoxy) is 2. The Balaban J connectivity index is 2.16. The molecule has 0 aliphatic heterocycles. The molecule has 0 aliphatic rings. The highest BCUT2D eigenvalue weighted by Gasteiger charge is 2.11. The van der Waals surface area contributed by atoms with Gasteiger partial charge in [0.25, 0.3) is 5.91 Å². The molecule has 2 rings (SSSR count). The van der Waals surface area contributed by atoms with Gasteiger partial charge in [0, 0.05) is 12.1 Å². The number of amides is 1. The van der Waals surface area contributed by atoms with Gasteiger partial charge in [-0.3, -0.25) is 9.59 Å². The van der Waals surface area contributed by atoms with E-state index in [9.17, 15) is 9.59 Å². The van der Waals surface area contributed by atoms with Crippen molar-refractivity contribution in [2.45, 2.75) is 6.92 Å². The fraction of sp³-hybridized carbons (Fsp3) is 0.200. The Labute approximate surface area is 147 Å². The average molecular weight is 339 g/mol. The molecule has 5 nitrogen and oxygen atoms in total. The van der Waals surface area contributed by atoms with Crippen LogP contribution < -0.4 is 14.8 Å². The monoisotopic (exact) mass is 339 g/mol. The number of nitrogens with one attached hydrogen (secondary N) is 1. The molecule has 25 heavy (non-hydrogen) atoms. The second-order valence-corrected chi connectivity index (χ2v) is 5.25. The summed E-state index contributed by atoms with van der Waals surface area (Å²) < 4.78 is 10.4. The Morgan fingerprint density at radius 1 is 1.04 bits per heavy atom. The van der Waals surface area contributed by atoms with E-state index in [1.165, 1.54) is 13.2 Å². The molecule has 2 aromatic carbocycles. The van der Waals surface area contributed by atoms with Gasteiger partial charge in [0.1, 0.15) is 11.5 Å². The summed E-state index contributed by atoms with van der Waals surface area (Å²) in [5.41, 5.74) is 1.83. The first-order valence-electron chi connectivity index (χ1n) is 7.91. The van der Waals surface area contributed by atoms with Gasteiger partial charge in [-0.25, -0.2) is 0 Å². The third kappa shape index (κ3) is 4.70. The van der Waals surface area contributed by atoms with Gasteiger partial charge in [0.2, 0.25) is 0 Å². The summed E-state index contributed by atoms with van der Waals surface area (Å²) >= 11 is 0. The van der Waals surface area contributed by atoms with Crippen LogP contribution in [0.5, 0.6) is 11.5 Å². The van der Waals surface area contributed by atoms with Gasteiger partial charge in [-0.2, -0.15) is 0 Å². The van der Waals surface area contributed by atoms with Crippen LogP contribution in [-0.4, -0.2) is 32.5 Å². The molecule has 1 N–H and O–H groups in total. The molecule has 0 spiro atoms. The van der Waals surface area contributed by atoms with Crippen molar-refractivity contribution in [1.29, 1.82) is 0 Å². The number of allylic oxidation sites excluding steroid dienone is 1. The lowest BCUT2D eigenvalue weighted by atomic mass is 10.1. The molecule has 0 heterocycles. The lowest BCUT2D eigenvalue weighted by Crippen LogP contribution is -2.22. The third-order valence-corrected chi connectivity index (χ3v) is 3.61. The molecule has 0 fully saturated rings. The van der Waals surface area contributed by atoms with Gasteiger partial charge in [0.15, 0.2) is 5.78 Å². The largest absolute Gasteiger partial charge is 0.497 e. The smallest absolute Gasteiger partial charge is 0.251 e. The van der Waals surface area contributed by atoms with Gasteiger partial charge in [-0.05, 0) is 48.9 Å². The number of methoxy groups -OCH3 is 2. The molecule has 0 bridgehead atoms. The predicted octanol–water partition coefficient (Wildman–Crippen LogP) is 3.35. The number of ketones is 1. The summed E-state index contributed by atoms with van der Waals surface area (Å²) in [6.45, 7) is 2.45. The molecule has 0 unspecified atom stereocenters. The van der Waals surface area contributed by atoms with E-state index in [4.69, 9.17) is 9.47 Å². The zero-order valence-electron chi connectivity index (χ0n) is 14.5. The van der Waals surface area contributed by atoms with Gasteiger partial charge in [-0.15, -0.1) is 0 Å². The second kappa shape index (κ2) is 8.68. The van der Waals surface area contributed by atoms with Crippen molar-refractivity contribution in [2.24, 2.45) is 0 Å². The van der Waals surface area contributed by atoms with Crippen molar-refractivity contribution >= 4 is 17.8 Å². The molecular weight excluding hydrogens is 318 g/mol. The van der Waals surface area contributed by atoms with Crippen LogP contribution in [-0.2, 0) is 0 Å². The van der Waals surface area contributed by atoms with Gasteiger partial charge < -0.3 is 14.8 Å². The molecule has 0 aliphatic carbocycles. The number of benzene rings is 2. The first-order chi connectivity index (χ1) is 12.1. The number of carbonyl (C=O) groups is 2. The lowest BCUT2D eigenvalue weighted by Gasteiger charge is -2.07. The van der Waals surface area contributed by atoms with Crippen LogP contribution in [0.4, 0.5) is 0 Å². The molecule has 1 amide bonds. The molecule has 0 saturated carbocycles. The van der Waals surface area contributed by atoms with Gasteiger partial charge in [-0.1, -0.05) is 18.2 Å². The number of carbonyl (C=O) groups excluding carboxylic acids is 2. The average Bonchev–Trinajstić information content (AvgIpc) is 2.66. The van der Waals surface area contributed by atoms with Crippen LogP contribution in [0.2, 0.25) is 0 Å². The second-order valence-electron chi connectivity index (χ2n) is 5.25. The quantitative estimate of drug-likeness (QED) is 0.621. The SMILES string of the molecule is CCNC(=O)c1ccc(C=CC(=O)c2cc(OC)ccc2OC)cc1. The Morgan fingerprint density at radius 2 is 1.76 bits per heavy atom. The van der Waals surface area contributed by atoms with Crippen LogP contribution in [0.1, 0.15) is 33.2 Å².